The molecule has 100 valence electrons. The summed E-state index contributed by atoms with van der Waals surface area (Å²) < 4.78 is 5.70. The van der Waals surface area contributed by atoms with Crippen LogP contribution < -0.4 is 4.74 Å². The Balaban J connectivity index is 1.79. The van der Waals surface area contributed by atoms with Crippen molar-refractivity contribution in [3.63, 3.8) is 0 Å². The summed E-state index contributed by atoms with van der Waals surface area (Å²) >= 11 is 0. The molecular weight excluding hydrogens is 236 g/mol. The molecule has 0 radical (unpaired) electrons. The molecule has 0 atom stereocenters. The molecular formula is C17H20O2. The third-order valence-electron chi connectivity index (χ3n) is 3.20. The van der Waals surface area contributed by atoms with Gasteiger partial charge in [-0.3, -0.25) is 0 Å². The molecule has 2 heteroatoms. The van der Waals surface area contributed by atoms with Gasteiger partial charge in [-0.25, -0.2) is 0 Å². The number of ether oxygens (including phenoxy) is 1. The van der Waals surface area contributed by atoms with Crippen molar-refractivity contribution in [2.24, 2.45) is 0 Å². The van der Waals surface area contributed by atoms with Crippen molar-refractivity contribution in [3.8, 4) is 5.75 Å². The predicted molar refractivity (Wildman–Crippen MR) is 77.4 cm³/mol. The zero-order chi connectivity index (χ0) is 13.5. The van der Waals surface area contributed by atoms with Crippen LogP contribution in [0.4, 0.5) is 0 Å². The number of aliphatic hydroxyl groups is 1. The van der Waals surface area contributed by atoms with Gasteiger partial charge in [0.05, 0.1) is 13.2 Å². The molecule has 0 saturated carbocycles. The standard InChI is InChI=1S/C17H20O2/c1-14-6-2-3-8-16(14)9-5-11-19-17-10-4-7-15(12-17)13-18/h2-4,6-8,10,12,18H,5,9,11,13H2,1H3. The molecule has 0 heterocycles. The molecule has 2 aromatic rings. The number of hydrogen-bond donors (Lipinski definition) is 1. The van der Waals surface area contributed by atoms with Gasteiger partial charge in [0.1, 0.15) is 5.75 Å². The SMILES string of the molecule is Cc1ccccc1CCCOc1cccc(CO)c1. The molecule has 0 aliphatic heterocycles. The number of aliphatic hydroxyl groups excluding tert-OH is 1. The molecule has 0 unspecified atom stereocenters. The summed E-state index contributed by atoms with van der Waals surface area (Å²) in [6, 6.07) is 16.1. The van der Waals surface area contributed by atoms with Crippen LogP contribution in [-0.4, -0.2) is 11.7 Å². The lowest BCUT2D eigenvalue weighted by Gasteiger charge is -2.08. The number of rotatable bonds is 6. The number of hydrogen-bond acceptors (Lipinski definition) is 2. The third kappa shape index (κ3) is 4.11. The zero-order valence-corrected chi connectivity index (χ0v) is 11.3. The summed E-state index contributed by atoms with van der Waals surface area (Å²) in [4.78, 5) is 0. The summed E-state index contributed by atoms with van der Waals surface area (Å²) in [6.45, 7) is 2.89. The Kier molecular flexibility index (Phi) is 4.99. The summed E-state index contributed by atoms with van der Waals surface area (Å²) in [5.74, 6) is 0.830. The summed E-state index contributed by atoms with van der Waals surface area (Å²) in [6.07, 6.45) is 2.03. The van der Waals surface area contributed by atoms with Gasteiger partial charge >= 0.3 is 0 Å². The molecule has 0 spiro atoms. The second-order valence-corrected chi connectivity index (χ2v) is 4.68. The largest absolute Gasteiger partial charge is 0.494 e. The third-order valence-corrected chi connectivity index (χ3v) is 3.20. The highest BCUT2D eigenvalue weighted by molar-refractivity contribution is 5.28. The van der Waals surface area contributed by atoms with Gasteiger partial charge in [0.15, 0.2) is 0 Å². The van der Waals surface area contributed by atoms with Crippen LogP contribution in [0.2, 0.25) is 0 Å². The Morgan fingerprint density at radius 3 is 2.68 bits per heavy atom. The monoisotopic (exact) mass is 256 g/mol. The van der Waals surface area contributed by atoms with Crippen LogP contribution in [0.1, 0.15) is 23.1 Å². The first kappa shape index (κ1) is 13.6. The molecule has 0 bridgehead atoms. The highest BCUT2D eigenvalue weighted by Crippen LogP contribution is 2.14. The van der Waals surface area contributed by atoms with Crippen molar-refractivity contribution >= 4 is 0 Å². The van der Waals surface area contributed by atoms with E-state index in [9.17, 15) is 0 Å². The van der Waals surface area contributed by atoms with E-state index in [-0.39, 0.29) is 6.61 Å². The minimum absolute atomic E-state index is 0.0560. The van der Waals surface area contributed by atoms with E-state index in [4.69, 9.17) is 9.84 Å². The minimum atomic E-state index is 0.0560. The van der Waals surface area contributed by atoms with Crippen LogP contribution in [0.5, 0.6) is 5.75 Å². The summed E-state index contributed by atoms with van der Waals surface area (Å²) in [7, 11) is 0. The Bertz CT molecular complexity index is 520. The first-order chi connectivity index (χ1) is 9.29. The van der Waals surface area contributed by atoms with Crippen LogP contribution in [0.3, 0.4) is 0 Å². The Morgan fingerprint density at radius 1 is 1.05 bits per heavy atom. The van der Waals surface area contributed by atoms with Crippen LogP contribution in [0.15, 0.2) is 48.5 Å². The molecule has 0 fully saturated rings. The minimum Gasteiger partial charge on any atom is -0.494 e. The van der Waals surface area contributed by atoms with Crippen LogP contribution in [-0.2, 0) is 13.0 Å². The molecule has 2 nitrogen and oxygen atoms in total. The first-order valence-corrected chi connectivity index (χ1v) is 6.66. The van der Waals surface area contributed by atoms with E-state index in [2.05, 4.69) is 31.2 Å². The van der Waals surface area contributed by atoms with E-state index >= 15 is 0 Å². The second-order valence-electron chi connectivity index (χ2n) is 4.68. The molecule has 0 amide bonds. The van der Waals surface area contributed by atoms with Crippen molar-refractivity contribution in [2.75, 3.05) is 6.61 Å². The molecule has 2 aromatic carbocycles. The molecule has 2 rings (SSSR count). The van der Waals surface area contributed by atoms with E-state index in [1.54, 1.807) is 0 Å². The average Bonchev–Trinajstić information content (AvgIpc) is 2.45. The lowest BCUT2D eigenvalue weighted by molar-refractivity contribution is 0.278. The fourth-order valence-electron chi connectivity index (χ4n) is 2.08. The van der Waals surface area contributed by atoms with Gasteiger partial charge in [0, 0.05) is 0 Å². The van der Waals surface area contributed by atoms with Gasteiger partial charge in [0.2, 0.25) is 0 Å². The normalized spacial score (nSPS) is 10.4. The van der Waals surface area contributed by atoms with Crippen molar-refractivity contribution in [1.29, 1.82) is 0 Å². The van der Waals surface area contributed by atoms with E-state index in [0.29, 0.717) is 6.61 Å². The topological polar surface area (TPSA) is 29.5 Å². The molecule has 0 aliphatic carbocycles. The van der Waals surface area contributed by atoms with Crippen molar-refractivity contribution < 1.29 is 9.84 Å². The van der Waals surface area contributed by atoms with Gasteiger partial charge < -0.3 is 9.84 Å². The predicted octanol–water partition coefficient (Wildman–Crippen LogP) is 3.50. The van der Waals surface area contributed by atoms with E-state index in [1.165, 1.54) is 11.1 Å². The Morgan fingerprint density at radius 2 is 1.89 bits per heavy atom. The van der Waals surface area contributed by atoms with Gasteiger partial charge in [0.25, 0.3) is 0 Å². The first-order valence-electron chi connectivity index (χ1n) is 6.66. The van der Waals surface area contributed by atoms with Crippen molar-refractivity contribution in [1.82, 2.24) is 0 Å². The molecule has 0 aliphatic rings. The van der Waals surface area contributed by atoms with E-state index < -0.39 is 0 Å². The summed E-state index contributed by atoms with van der Waals surface area (Å²) in [5, 5.41) is 9.06. The van der Waals surface area contributed by atoms with Crippen molar-refractivity contribution in [2.45, 2.75) is 26.4 Å². The van der Waals surface area contributed by atoms with Gasteiger partial charge in [-0.15, -0.1) is 0 Å². The lowest BCUT2D eigenvalue weighted by atomic mass is 10.0. The van der Waals surface area contributed by atoms with Crippen molar-refractivity contribution in [3.05, 3.63) is 65.2 Å². The lowest BCUT2D eigenvalue weighted by Crippen LogP contribution is -2.00. The smallest absolute Gasteiger partial charge is 0.119 e. The molecule has 0 saturated heterocycles. The van der Waals surface area contributed by atoms with E-state index in [0.717, 1.165) is 24.2 Å². The Labute approximate surface area is 114 Å². The molecule has 0 aromatic heterocycles. The van der Waals surface area contributed by atoms with Crippen LogP contribution in [0.25, 0.3) is 0 Å². The van der Waals surface area contributed by atoms with Gasteiger partial charge in [-0.05, 0) is 48.6 Å². The van der Waals surface area contributed by atoms with Crippen LogP contribution >= 0.6 is 0 Å². The van der Waals surface area contributed by atoms with E-state index in [1.807, 2.05) is 24.3 Å². The molecule has 19 heavy (non-hydrogen) atoms. The van der Waals surface area contributed by atoms with Crippen LogP contribution in [0, 0.1) is 6.92 Å². The maximum absolute atomic E-state index is 9.06. The molecule has 1 N–H and O–H groups in total. The second kappa shape index (κ2) is 6.95. The quantitative estimate of drug-likeness (QED) is 0.802. The maximum Gasteiger partial charge on any atom is 0.119 e. The highest BCUT2D eigenvalue weighted by Gasteiger charge is 1.99. The Hall–Kier alpha value is -1.80. The fraction of sp³-hybridized carbons (Fsp3) is 0.294. The number of benzene rings is 2. The highest BCUT2D eigenvalue weighted by atomic mass is 16.5. The maximum atomic E-state index is 9.06. The zero-order valence-electron chi connectivity index (χ0n) is 11.3. The van der Waals surface area contributed by atoms with Gasteiger partial charge in [-0.1, -0.05) is 36.4 Å². The van der Waals surface area contributed by atoms with Gasteiger partial charge in [-0.2, -0.15) is 0 Å². The fourth-order valence-corrected chi connectivity index (χ4v) is 2.08. The number of aryl methyl sites for hydroxylation is 2. The summed E-state index contributed by atoms with van der Waals surface area (Å²) in [5.41, 5.74) is 3.61. The average molecular weight is 256 g/mol.